The van der Waals surface area contributed by atoms with E-state index in [4.69, 9.17) is 4.74 Å². The van der Waals surface area contributed by atoms with Gasteiger partial charge in [0, 0.05) is 42.8 Å². The number of ether oxygens (including phenoxy) is 1. The topological polar surface area (TPSA) is 30.3 Å². The zero-order chi connectivity index (χ0) is 21.7. The maximum atomic E-state index is 6.65. The average Bonchev–Trinajstić information content (AvgIpc) is 3.35. The number of aromatic nitrogens is 2. The molecule has 0 amide bonds. The number of fused-ring (bicyclic) bond motifs is 5. The van der Waals surface area contributed by atoms with Crippen molar-refractivity contribution in [3.8, 4) is 0 Å². The standard InChI is InChI=1S/C28H37N3O/c1-19-15-20(2)28-23(16-19)27-24-7-4-13-30(24)14-10-25(27)31(28)17-26(22-8-11-29-12-9-22)32-18-21-5-3-6-21/h8-9,11-12,15,19,21,24,26H,3-7,10,13-14,16-18H2,1-2H3/t19?,24-,26-/m1/s1. The Labute approximate surface area is 192 Å². The molecule has 1 saturated heterocycles. The molecular formula is C28H37N3O. The fourth-order valence-electron chi connectivity index (χ4n) is 6.73. The summed E-state index contributed by atoms with van der Waals surface area (Å²) in [6, 6.07) is 4.94. The molecular weight excluding hydrogens is 394 g/mol. The van der Waals surface area contributed by atoms with Crippen LogP contribution in [0, 0.1) is 11.8 Å². The molecule has 170 valence electrons. The second-order valence-electron chi connectivity index (χ2n) is 10.7. The number of hydrogen-bond donors (Lipinski definition) is 0. The SMILES string of the molecule is CC1=CC(C)Cc2c3c(n(C[C@@H](OCC4CCC4)c4ccncc4)c21)CCN1CCC[C@H]31. The van der Waals surface area contributed by atoms with E-state index >= 15 is 0 Å². The molecule has 0 aromatic carbocycles. The molecule has 0 spiro atoms. The fraction of sp³-hybridized carbons (Fsp3) is 0.607. The Morgan fingerprint density at radius 2 is 1.97 bits per heavy atom. The second kappa shape index (κ2) is 8.46. The smallest absolute Gasteiger partial charge is 0.100 e. The van der Waals surface area contributed by atoms with Gasteiger partial charge in [0.2, 0.25) is 0 Å². The van der Waals surface area contributed by atoms with Gasteiger partial charge in [-0.25, -0.2) is 0 Å². The van der Waals surface area contributed by atoms with E-state index in [1.165, 1.54) is 74.9 Å². The van der Waals surface area contributed by atoms with E-state index < -0.39 is 0 Å². The van der Waals surface area contributed by atoms with Crippen LogP contribution in [0.15, 0.2) is 30.6 Å². The summed E-state index contributed by atoms with van der Waals surface area (Å²) in [6.07, 6.45) is 15.5. The normalized spacial score (nSPS) is 26.1. The average molecular weight is 432 g/mol. The number of nitrogens with zero attached hydrogens (tertiary/aromatic N) is 3. The van der Waals surface area contributed by atoms with Gasteiger partial charge in [0.1, 0.15) is 6.10 Å². The third-order valence-corrected chi connectivity index (χ3v) is 8.47. The first-order valence-electron chi connectivity index (χ1n) is 12.9. The number of allylic oxidation sites excluding steroid dienone is 2. The zero-order valence-electron chi connectivity index (χ0n) is 19.7. The quantitative estimate of drug-likeness (QED) is 0.585. The Bertz CT molecular complexity index is 1000. The molecule has 2 aliphatic heterocycles. The van der Waals surface area contributed by atoms with Gasteiger partial charge in [0.15, 0.2) is 0 Å². The van der Waals surface area contributed by atoms with Gasteiger partial charge >= 0.3 is 0 Å². The van der Waals surface area contributed by atoms with Crippen molar-refractivity contribution in [1.29, 1.82) is 0 Å². The highest BCUT2D eigenvalue weighted by atomic mass is 16.5. The summed E-state index contributed by atoms with van der Waals surface area (Å²) in [7, 11) is 0. The van der Waals surface area contributed by atoms with Gasteiger partial charge in [-0.2, -0.15) is 0 Å². The van der Waals surface area contributed by atoms with E-state index in [-0.39, 0.29) is 6.10 Å². The van der Waals surface area contributed by atoms with E-state index in [1.54, 1.807) is 16.8 Å². The van der Waals surface area contributed by atoms with Crippen molar-refractivity contribution in [1.82, 2.24) is 14.5 Å². The summed E-state index contributed by atoms with van der Waals surface area (Å²) in [5, 5.41) is 0. The number of rotatable bonds is 6. The molecule has 0 bridgehead atoms. The summed E-state index contributed by atoms with van der Waals surface area (Å²) in [6.45, 7) is 9.01. The van der Waals surface area contributed by atoms with Crippen LogP contribution in [0.4, 0.5) is 0 Å². The van der Waals surface area contributed by atoms with E-state index in [0.717, 1.165) is 19.1 Å². The molecule has 1 unspecified atom stereocenters. The van der Waals surface area contributed by atoms with Crippen LogP contribution in [-0.2, 0) is 24.1 Å². The summed E-state index contributed by atoms with van der Waals surface area (Å²) in [4.78, 5) is 7.02. The van der Waals surface area contributed by atoms with Gasteiger partial charge < -0.3 is 9.30 Å². The first-order chi connectivity index (χ1) is 15.7. The van der Waals surface area contributed by atoms with Crippen molar-refractivity contribution < 1.29 is 4.74 Å². The molecule has 32 heavy (non-hydrogen) atoms. The molecule has 2 fully saturated rings. The van der Waals surface area contributed by atoms with Crippen LogP contribution in [-0.4, -0.2) is 34.1 Å². The predicted octanol–water partition coefficient (Wildman–Crippen LogP) is 5.73. The lowest BCUT2D eigenvalue weighted by molar-refractivity contribution is -0.0000331. The van der Waals surface area contributed by atoms with Crippen LogP contribution in [0.3, 0.4) is 0 Å². The molecule has 0 radical (unpaired) electrons. The van der Waals surface area contributed by atoms with Crippen LogP contribution < -0.4 is 0 Å². The minimum absolute atomic E-state index is 0.0907. The van der Waals surface area contributed by atoms with Crippen LogP contribution in [0.2, 0.25) is 0 Å². The lowest BCUT2D eigenvalue weighted by Crippen LogP contribution is -2.32. The molecule has 4 heteroatoms. The van der Waals surface area contributed by atoms with Crippen LogP contribution in [0.25, 0.3) is 5.57 Å². The van der Waals surface area contributed by atoms with Crippen molar-refractivity contribution in [2.24, 2.45) is 11.8 Å². The fourth-order valence-corrected chi connectivity index (χ4v) is 6.73. The Kier molecular flexibility index (Phi) is 5.47. The third kappa shape index (κ3) is 3.56. The van der Waals surface area contributed by atoms with Gasteiger partial charge in [-0.3, -0.25) is 9.88 Å². The Morgan fingerprint density at radius 1 is 1.12 bits per heavy atom. The number of pyridine rings is 1. The second-order valence-corrected chi connectivity index (χ2v) is 10.7. The van der Waals surface area contributed by atoms with Gasteiger partial charge in [-0.15, -0.1) is 0 Å². The first kappa shape index (κ1) is 20.7. The van der Waals surface area contributed by atoms with E-state index in [9.17, 15) is 0 Å². The van der Waals surface area contributed by atoms with Crippen molar-refractivity contribution in [3.05, 3.63) is 58.7 Å². The largest absolute Gasteiger partial charge is 0.371 e. The van der Waals surface area contributed by atoms with Gasteiger partial charge in [0.05, 0.1) is 13.2 Å². The van der Waals surface area contributed by atoms with Crippen LogP contribution in [0.1, 0.15) is 86.2 Å². The summed E-state index contributed by atoms with van der Waals surface area (Å²) in [5.41, 5.74) is 9.18. The summed E-state index contributed by atoms with van der Waals surface area (Å²) in [5.74, 6) is 1.38. The summed E-state index contributed by atoms with van der Waals surface area (Å²) < 4.78 is 9.34. The molecule has 2 aromatic rings. The van der Waals surface area contributed by atoms with Gasteiger partial charge in [0.25, 0.3) is 0 Å². The monoisotopic (exact) mass is 431 g/mol. The molecule has 1 saturated carbocycles. The molecule has 4 aliphatic rings. The molecule has 0 N–H and O–H groups in total. The molecule has 4 nitrogen and oxygen atoms in total. The number of hydrogen-bond acceptors (Lipinski definition) is 3. The Hall–Kier alpha value is -1.91. The molecule has 2 aliphatic carbocycles. The van der Waals surface area contributed by atoms with Crippen LogP contribution in [0.5, 0.6) is 0 Å². The Balaban J connectivity index is 1.40. The molecule has 6 rings (SSSR count). The lowest BCUT2D eigenvalue weighted by Gasteiger charge is -2.32. The highest BCUT2D eigenvalue weighted by Crippen LogP contribution is 2.46. The van der Waals surface area contributed by atoms with Crippen LogP contribution >= 0.6 is 0 Å². The summed E-state index contributed by atoms with van der Waals surface area (Å²) >= 11 is 0. The van der Waals surface area contributed by atoms with Gasteiger partial charge in [-0.05, 0) is 91.8 Å². The maximum Gasteiger partial charge on any atom is 0.100 e. The first-order valence-corrected chi connectivity index (χ1v) is 12.9. The Morgan fingerprint density at radius 3 is 2.75 bits per heavy atom. The van der Waals surface area contributed by atoms with Gasteiger partial charge in [-0.1, -0.05) is 19.4 Å². The van der Waals surface area contributed by atoms with Crippen molar-refractivity contribution in [2.45, 2.75) is 77.5 Å². The molecule has 3 atom stereocenters. The van der Waals surface area contributed by atoms with Crippen molar-refractivity contribution in [2.75, 3.05) is 19.7 Å². The lowest BCUT2D eigenvalue weighted by atomic mass is 9.85. The predicted molar refractivity (Wildman–Crippen MR) is 128 cm³/mol. The van der Waals surface area contributed by atoms with Crippen molar-refractivity contribution in [3.63, 3.8) is 0 Å². The van der Waals surface area contributed by atoms with Crippen molar-refractivity contribution >= 4 is 5.57 Å². The van der Waals surface area contributed by atoms with E-state index in [1.807, 2.05) is 12.4 Å². The molecule has 2 aromatic heterocycles. The highest BCUT2D eigenvalue weighted by molar-refractivity contribution is 5.70. The van der Waals surface area contributed by atoms with E-state index in [2.05, 4.69) is 46.5 Å². The minimum Gasteiger partial charge on any atom is -0.371 e. The van der Waals surface area contributed by atoms with E-state index in [0.29, 0.717) is 12.0 Å². The molecule has 4 heterocycles. The highest BCUT2D eigenvalue weighted by Gasteiger charge is 2.39. The third-order valence-electron chi connectivity index (χ3n) is 8.47. The maximum absolute atomic E-state index is 6.65. The minimum atomic E-state index is 0.0907. The zero-order valence-corrected chi connectivity index (χ0v) is 19.7.